The molecule has 0 aromatic rings. The fourth-order valence-electron chi connectivity index (χ4n) is 6.71. The molecule has 0 saturated carbocycles. The van der Waals surface area contributed by atoms with Gasteiger partial charge in [-0.25, -0.2) is 0 Å². The van der Waals surface area contributed by atoms with E-state index in [2.05, 4.69) is 90.0 Å². The Morgan fingerprint density at radius 1 is 0.373 bits per heavy atom. The molecule has 0 radical (unpaired) electrons. The van der Waals surface area contributed by atoms with E-state index < -0.39 is 0 Å². The first-order valence-corrected chi connectivity index (χ1v) is 21.4. The molecule has 302 valence electrons. The molecule has 0 bridgehead atoms. The average molecular weight is 723 g/mol. The molecular formula is C45H86O6. The van der Waals surface area contributed by atoms with Gasteiger partial charge in [-0.15, -0.1) is 0 Å². The summed E-state index contributed by atoms with van der Waals surface area (Å²) in [4.78, 5) is 40.1. The Balaban J connectivity index is 5.81. The molecule has 0 aliphatic heterocycles. The summed E-state index contributed by atoms with van der Waals surface area (Å²) < 4.78 is 18.1. The number of carbonyl (C=O) groups is 3. The number of esters is 3. The van der Waals surface area contributed by atoms with Crippen molar-refractivity contribution >= 4 is 17.9 Å². The van der Waals surface area contributed by atoms with Crippen LogP contribution in [0.25, 0.3) is 0 Å². The third kappa shape index (κ3) is 25.1. The minimum absolute atomic E-state index is 0.0741. The number of ether oxygens (including phenoxy) is 3. The molecule has 6 nitrogen and oxygen atoms in total. The van der Waals surface area contributed by atoms with Crippen molar-refractivity contribution in [3.8, 4) is 0 Å². The highest BCUT2D eigenvalue weighted by molar-refractivity contribution is 5.73. The predicted molar refractivity (Wildman–Crippen MR) is 214 cm³/mol. The second-order valence-corrected chi connectivity index (χ2v) is 18.5. The number of carbonyl (C=O) groups excluding carboxylic acids is 3. The zero-order chi connectivity index (χ0) is 39.0. The predicted octanol–water partition coefficient (Wildman–Crippen LogP) is 12.6. The summed E-state index contributed by atoms with van der Waals surface area (Å²) in [6.07, 6.45) is 14.0. The molecule has 0 heterocycles. The van der Waals surface area contributed by atoms with E-state index in [1.807, 2.05) is 0 Å². The lowest BCUT2D eigenvalue weighted by Crippen LogP contribution is -2.30. The Labute approximate surface area is 317 Å². The van der Waals surface area contributed by atoms with Crippen LogP contribution in [0.15, 0.2) is 0 Å². The molecular weight excluding hydrogens is 636 g/mol. The highest BCUT2D eigenvalue weighted by atomic mass is 16.5. The normalized spacial score (nSPS) is 12.6. The molecule has 51 heavy (non-hydrogen) atoms. The van der Waals surface area contributed by atoms with Crippen LogP contribution in [0.3, 0.4) is 0 Å². The molecule has 0 aromatic heterocycles. The first-order valence-electron chi connectivity index (χ1n) is 21.4. The zero-order valence-corrected chi connectivity index (χ0v) is 36.1. The van der Waals surface area contributed by atoms with Crippen molar-refractivity contribution in [3.63, 3.8) is 0 Å². The topological polar surface area (TPSA) is 78.9 Å². The fraction of sp³-hybridized carbons (Fsp3) is 0.933. The third-order valence-electron chi connectivity index (χ3n) is 10.9. The van der Waals surface area contributed by atoms with E-state index in [1.165, 1.54) is 0 Å². The summed E-state index contributed by atoms with van der Waals surface area (Å²) in [5, 5.41) is 0. The van der Waals surface area contributed by atoms with Gasteiger partial charge in [0, 0.05) is 0 Å². The maximum Gasteiger partial charge on any atom is 0.308 e. The Bertz CT molecular complexity index is 756. The summed E-state index contributed by atoms with van der Waals surface area (Å²) >= 11 is 0. The van der Waals surface area contributed by atoms with Gasteiger partial charge >= 0.3 is 17.9 Å². The highest BCUT2D eigenvalue weighted by Crippen LogP contribution is 2.36. The van der Waals surface area contributed by atoms with E-state index in [4.69, 9.17) is 14.2 Å². The molecule has 0 fully saturated rings. The first kappa shape index (κ1) is 49.4. The second kappa shape index (κ2) is 27.9. The van der Waals surface area contributed by atoms with Crippen molar-refractivity contribution in [2.24, 2.45) is 58.7 Å². The van der Waals surface area contributed by atoms with Crippen LogP contribution in [0.1, 0.15) is 193 Å². The van der Waals surface area contributed by atoms with E-state index in [0.29, 0.717) is 74.6 Å². The van der Waals surface area contributed by atoms with E-state index in [0.717, 1.165) is 83.5 Å². The average Bonchev–Trinajstić information content (AvgIpc) is 3.03. The van der Waals surface area contributed by atoms with Crippen molar-refractivity contribution in [1.82, 2.24) is 0 Å². The molecule has 0 amide bonds. The minimum atomic E-state index is -0.275. The number of hydrogen-bond donors (Lipinski definition) is 0. The highest BCUT2D eigenvalue weighted by Gasteiger charge is 2.32. The van der Waals surface area contributed by atoms with Crippen molar-refractivity contribution in [2.45, 2.75) is 193 Å². The summed E-state index contributed by atoms with van der Waals surface area (Å²) in [7, 11) is 0. The van der Waals surface area contributed by atoms with Crippen LogP contribution < -0.4 is 0 Å². The molecule has 6 heteroatoms. The lowest BCUT2D eigenvalue weighted by atomic mass is 9.76. The van der Waals surface area contributed by atoms with Gasteiger partial charge < -0.3 is 14.2 Å². The monoisotopic (exact) mass is 723 g/mol. The third-order valence-corrected chi connectivity index (χ3v) is 10.9. The lowest BCUT2D eigenvalue weighted by molar-refractivity contribution is -0.151. The van der Waals surface area contributed by atoms with Crippen LogP contribution in [0.2, 0.25) is 0 Å². The van der Waals surface area contributed by atoms with E-state index in [9.17, 15) is 14.4 Å². The van der Waals surface area contributed by atoms with E-state index in [-0.39, 0.29) is 41.1 Å². The van der Waals surface area contributed by atoms with Gasteiger partial charge in [0.2, 0.25) is 0 Å². The molecule has 0 atom stereocenters. The molecule has 0 aromatic carbocycles. The number of hydrogen-bond acceptors (Lipinski definition) is 6. The lowest BCUT2D eigenvalue weighted by Gasteiger charge is -2.33. The fourth-order valence-corrected chi connectivity index (χ4v) is 6.71. The molecule has 0 spiro atoms. The van der Waals surface area contributed by atoms with Crippen molar-refractivity contribution in [2.75, 3.05) is 19.8 Å². The second-order valence-electron chi connectivity index (χ2n) is 18.5. The molecule has 0 saturated heterocycles. The molecule has 0 aliphatic carbocycles. The molecule has 0 N–H and O–H groups in total. The van der Waals surface area contributed by atoms with Crippen molar-refractivity contribution in [3.05, 3.63) is 0 Å². The van der Waals surface area contributed by atoms with Crippen LogP contribution in [-0.4, -0.2) is 37.7 Å². The van der Waals surface area contributed by atoms with Gasteiger partial charge in [0.1, 0.15) is 0 Å². The maximum absolute atomic E-state index is 13.4. The maximum atomic E-state index is 13.4. The molecule has 0 rings (SSSR count). The minimum Gasteiger partial charge on any atom is -0.465 e. The first-order chi connectivity index (χ1) is 23.9. The number of rotatable bonds is 31. The molecule has 0 unspecified atom stereocenters. The van der Waals surface area contributed by atoms with Crippen LogP contribution in [0.5, 0.6) is 0 Å². The Kier molecular flexibility index (Phi) is 27.1. The van der Waals surface area contributed by atoms with E-state index in [1.54, 1.807) is 0 Å². The van der Waals surface area contributed by atoms with Gasteiger partial charge in [-0.1, -0.05) is 135 Å². The summed E-state index contributed by atoms with van der Waals surface area (Å²) in [5.41, 5.74) is -0.275. The van der Waals surface area contributed by atoms with Gasteiger partial charge in [-0.05, 0) is 98.7 Å². The SMILES string of the molecule is CCC(CCOC(=O)C(CCC(C)C)CCC(C)C)(CCOC(=O)C(CCC(C)C)CCC(C)C)CCOC(=O)C(CCC(C)C)CCC(C)C. The van der Waals surface area contributed by atoms with Crippen LogP contribution in [0.4, 0.5) is 0 Å². The van der Waals surface area contributed by atoms with Crippen molar-refractivity contribution < 1.29 is 28.6 Å². The largest absolute Gasteiger partial charge is 0.465 e. The zero-order valence-electron chi connectivity index (χ0n) is 36.1. The van der Waals surface area contributed by atoms with Gasteiger partial charge in [0.05, 0.1) is 37.6 Å². The van der Waals surface area contributed by atoms with Gasteiger partial charge in [-0.2, -0.15) is 0 Å². The van der Waals surface area contributed by atoms with Crippen LogP contribution in [-0.2, 0) is 28.6 Å². The van der Waals surface area contributed by atoms with Gasteiger partial charge in [0.25, 0.3) is 0 Å². The van der Waals surface area contributed by atoms with Crippen LogP contribution >= 0.6 is 0 Å². The van der Waals surface area contributed by atoms with Crippen molar-refractivity contribution in [1.29, 1.82) is 0 Å². The van der Waals surface area contributed by atoms with Crippen LogP contribution in [0, 0.1) is 58.7 Å². The van der Waals surface area contributed by atoms with Gasteiger partial charge in [0.15, 0.2) is 0 Å². The summed E-state index contributed by atoms with van der Waals surface area (Å²) in [6.45, 7) is 29.6. The Hall–Kier alpha value is -1.59. The standard InChI is InChI=1S/C45H86O6/c1-14-45(27-30-49-42(46)39(21-15-33(2)3)22-16-34(4)5,28-31-50-43(47)40(23-17-35(6)7)24-18-36(8)9)29-32-51-44(48)41(25-19-37(10)11)26-20-38(12)13/h33-41H,14-32H2,1-13H3. The quantitative estimate of drug-likeness (QED) is 0.0523. The molecule has 0 aliphatic rings. The Morgan fingerprint density at radius 2 is 0.569 bits per heavy atom. The van der Waals surface area contributed by atoms with E-state index >= 15 is 0 Å². The summed E-state index contributed by atoms with van der Waals surface area (Å²) in [5.74, 6) is 2.78. The summed E-state index contributed by atoms with van der Waals surface area (Å²) in [6, 6.07) is 0. The van der Waals surface area contributed by atoms with Gasteiger partial charge in [-0.3, -0.25) is 14.4 Å². The Morgan fingerprint density at radius 3 is 0.725 bits per heavy atom. The smallest absolute Gasteiger partial charge is 0.308 e.